The van der Waals surface area contributed by atoms with Gasteiger partial charge in [0, 0.05) is 29.5 Å². The molecule has 0 saturated carbocycles. The molecular formula is C14H17N3O2S2. The quantitative estimate of drug-likeness (QED) is 0.914. The number of fused-ring (bicyclic) bond motifs is 1. The molecular weight excluding hydrogens is 306 g/mol. The third-order valence-electron chi connectivity index (χ3n) is 3.60. The average molecular weight is 323 g/mol. The fraction of sp³-hybridized carbons (Fsp3) is 0.357. The molecule has 1 aromatic carbocycles. The molecule has 0 bridgehead atoms. The molecule has 1 atom stereocenters. The Morgan fingerprint density at radius 1 is 1.33 bits per heavy atom. The van der Waals surface area contributed by atoms with Crippen LogP contribution in [-0.2, 0) is 10.0 Å². The van der Waals surface area contributed by atoms with Crippen LogP contribution in [0.5, 0.6) is 0 Å². The molecule has 1 saturated heterocycles. The van der Waals surface area contributed by atoms with Crippen molar-refractivity contribution in [2.24, 2.45) is 0 Å². The fourth-order valence-corrected chi connectivity index (χ4v) is 5.37. The van der Waals surface area contributed by atoms with Crippen LogP contribution in [0.2, 0.25) is 0 Å². The highest BCUT2D eigenvalue weighted by molar-refractivity contribution is 7.99. The van der Waals surface area contributed by atoms with Gasteiger partial charge in [0.15, 0.2) is 0 Å². The van der Waals surface area contributed by atoms with Gasteiger partial charge >= 0.3 is 0 Å². The third-order valence-corrected chi connectivity index (χ3v) is 6.79. The molecule has 0 aliphatic carbocycles. The lowest BCUT2D eigenvalue weighted by molar-refractivity contribution is 0.367. The monoisotopic (exact) mass is 323 g/mol. The summed E-state index contributed by atoms with van der Waals surface area (Å²) in [5, 5.41) is 0.782. The van der Waals surface area contributed by atoms with Crippen LogP contribution in [0, 0.1) is 0 Å². The van der Waals surface area contributed by atoms with Crippen molar-refractivity contribution in [1.29, 1.82) is 0 Å². The predicted molar refractivity (Wildman–Crippen MR) is 86.8 cm³/mol. The van der Waals surface area contributed by atoms with E-state index >= 15 is 0 Å². The highest BCUT2D eigenvalue weighted by Gasteiger charge is 2.31. The Morgan fingerprint density at radius 2 is 2.14 bits per heavy atom. The zero-order chi connectivity index (χ0) is 15.0. The molecule has 2 heterocycles. The number of aromatic nitrogens is 1. The number of hydrogen-bond donors (Lipinski definition) is 1. The number of anilines is 1. The second-order valence-electron chi connectivity index (χ2n) is 5.13. The molecule has 1 aliphatic rings. The standard InChI is InChI=1S/C14H17N3O2S2/c1-10-9-20-7-6-17(10)21(18,19)12-3-4-13-11(8-12)2-5-14(15)16-13/h2-5,8,10H,6-7,9H2,1H3,(H2,15,16). The van der Waals surface area contributed by atoms with Gasteiger partial charge in [0.05, 0.1) is 10.4 Å². The minimum atomic E-state index is -3.45. The second-order valence-corrected chi connectivity index (χ2v) is 8.17. The molecule has 112 valence electrons. The summed E-state index contributed by atoms with van der Waals surface area (Å²) in [6.07, 6.45) is 0. The Hall–Kier alpha value is -1.31. The molecule has 5 nitrogen and oxygen atoms in total. The number of nitrogens with two attached hydrogens (primary N) is 1. The van der Waals surface area contributed by atoms with Crippen molar-refractivity contribution in [3.8, 4) is 0 Å². The number of sulfonamides is 1. The Kier molecular flexibility index (Phi) is 3.81. The number of pyridine rings is 1. The zero-order valence-electron chi connectivity index (χ0n) is 11.7. The van der Waals surface area contributed by atoms with Crippen molar-refractivity contribution in [1.82, 2.24) is 9.29 Å². The summed E-state index contributed by atoms with van der Waals surface area (Å²) < 4.78 is 27.2. The second kappa shape index (κ2) is 5.47. The van der Waals surface area contributed by atoms with Crippen LogP contribution in [0.1, 0.15) is 6.92 Å². The first-order valence-corrected chi connectivity index (χ1v) is 9.34. The van der Waals surface area contributed by atoms with E-state index in [-0.39, 0.29) is 6.04 Å². The largest absolute Gasteiger partial charge is 0.384 e. The molecule has 3 rings (SSSR count). The molecule has 0 amide bonds. The van der Waals surface area contributed by atoms with Gasteiger partial charge in [0.1, 0.15) is 5.82 Å². The minimum Gasteiger partial charge on any atom is -0.384 e. The number of thioether (sulfide) groups is 1. The van der Waals surface area contributed by atoms with Gasteiger partial charge in [-0.3, -0.25) is 0 Å². The Morgan fingerprint density at radius 3 is 2.90 bits per heavy atom. The lowest BCUT2D eigenvalue weighted by Gasteiger charge is -2.31. The van der Waals surface area contributed by atoms with Crippen LogP contribution < -0.4 is 5.73 Å². The number of nitrogen functional groups attached to an aromatic ring is 1. The normalized spacial score (nSPS) is 20.7. The molecule has 1 unspecified atom stereocenters. The van der Waals surface area contributed by atoms with E-state index in [1.165, 1.54) is 0 Å². The van der Waals surface area contributed by atoms with E-state index in [9.17, 15) is 8.42 Å². The first-order chi connectivity index (χ1) is 9.98. The summed E-state index contributed by atoms with van der Waals surface area (Å²) in [5.41, 5.74) is 6.35. The molecule has 0 radical (unpaired) electrons. The van der Waals surface area contributed by atoms with Crippen LogP contribution in [0.3, 0.4) is 0 Å². The van der Waals surface area contributed by atoms with Crippen LogP contribution in [0.15, 0.2) is 35.2 Å². The third kappa shape index (κ3) is 2.73. The summed E-state index contributed by atoms with van der Waals surface area (Å²) in [7, 11) is -3.45. The molecule has 0 spiro atoms. The lowest BCUT2D eigenvalue weighted by Crippen LogP contribution is -2.44. The predicted octanol–water partition coefficient (Wildman–Crippen LogP) is 1.94. The highest BCUT2D eigenvalue weighted by Crippen LogP contribution is 2.26. The summed E-state index contributed by atoms with van der Waals surface area (Å²) in [4.78, 5) is 4.51. The lowest BCUT2D eigenvalue weighted by atomic mass is 10.2. The van der Waals surface area contributed by atoms with Crippen molar-refractivity contribution < 1.29 is 8.42 Å². The van der Waals surface area contributed by atoms with Crippen molar-refractivity contribution in [2.45, 2.75) is 17.9 Å². The SMILES string of the molecule is CC1CSCCN1S(=O)(=O)c1ccc2nc(N)ccc2c1. The first kappa shape index (κ1) is 14.6. The molecule has 2 aromatic rings. The summed E-state index contributed by atoms with van der Waals surface area (Å²) in [5.74, 6) is 2.11. The summed E-state index contributed by atoms with van der Waals surface area (Å²) >= 11 is 1.79. The van der Waals surface area contributed by atoms with Crippen LogP contribution in [0.4, 0.5) is 5.82 Å². The van der Waals surface area contributed by atoms with Gasteiger partial charge < -0.3 is 5.73 Å². The minimum absolute atomic E-state index is 0.0222. The highest BCUT2D eigenvalue weighted by atomic mass is 32.2. The zero-order valence-corrected chi connectivity index (χ0v) is 13.3. The maximum absolute atomic E-state index is 12.8. The Bertz CT molecular complexity index is 777. The maximum atomic E-state index is 12.8. The van der Waals surface area contributed by atoms with Crippen LogP contribution in [0.25, 0.3) is 10.9 Å². The van der Waals surface area contributed by atoms with Crippen LogP contribution >= 0.6 is 11.8 Å². The van der Waals surface area contributed by atoms with Gasteiger partial charge in [0.2, 0.25) is 10.0 Å². The number of hydrogen-bond acceptors (Lipinski definition) is 5. The van der Waals surface area contributed by atoms with E-state index in [1.807, 2.05) is 6.92 Å². The Balaban J connectivity index is 2.04. The molecule has 1 fully saturated rings. The number of nitrogens with zero attached hydrogens (tertiary/aromatic N) is 2. The van der Waals surface area contributed by atoms with Crippen molar-refractivity contribution in [2.75, 3.05) is 23.8 Å². The van der Waals surface area contributed by atoms with E-state index in [2.05, 4.69) is 4.98 Å². The van der Waals surface area contributed by atoms with E-state index in [0.717, 1.165) is 16.9 Å². The average Bonchev–Trinajstić information content (AvgIpc) is 2.47. The molecule has 7 heteroatoms. The van der Waals surface area contributed by atoms with Gasteiger partial charge in [-0.2, -0.15) is 16.1 Å². The van der Waals surface area contributed by atoms with Gasteiger partial charge in [0.25, 0.3) is 0 Å². The summed E-state index contributed by atoms with van der Waals surface area (Å²) in [6.45, 7) is 2.51. The summed E-state index contributed by atoms with van der Waals surface area (Å²) in [6, 6.07) is 8.49. The number of benzene rings is 1. The first-order valence-electron chi connectivity index (χ1n) is 6.74. The molecule has 1 aromatic heterocycles. The maximum Gasteiger partial charge on any atom is 0.243 e. The van der Waals surface area contributed by atoms with Crippen molar-refractivity contribution >= 4 is 38.5 Å². The molecule has 1 aliphatic heterocycles. The van der Waals surface area contributed by atoms with Gasteiger partial charge in [-0.25, -0.2) is 13.4 Å². The van der Waals surface area contributed by atoms with Gasteiger partial charge in [-0.1, -0.05) is 0 Å². The molecule has 2 N–H and O–H groups in total. The fourth-order valence-electron chi connectivity index (χ4n) is 2.48. The molecule has 21 heavy (non-hydrogen) atoms. The van der Waals surface area contributed by atoms with Gasteiger partial charge in [-0.05, 0) is 37.3 Å². The topological polar surface area (TPSA) is 76.3 Å². The van der Waals surface area contributed by atoms with Crippen LogP contribution in [-0.4, -0.2) is 41.8 Å². The number of rotatable bonds is 2. The van der Waals surface area contributed by atoms with Crippen molar-refractivity contribution in [3.63, 3.8) is 0 Å². The van der Waals surface area contributed by atoms with E-state index in [4.69, 9.17) is 5.73 Å². The van der Waals surface area contributed by atoms with E-state index in [1.54, 1.807) is 46.4 Å². The Labute approximate surface area is 128 Å². The van der Waals surface area contributed by atoms with Crippen molar-refractivity contribution in [3.05, 3.63) is 30.3 Å². The van der Waals surface area contributed by atoms with Gasteiger partial charge in [-0.15, -0.1) is 0 Å². The van der Waals surface area contributed by atoms with E-state index in [0.29, 0.717) is 22.8 Å². The smallest absolute Gasteiger partial charge is 0.243 e. The van der Waals surface area contributed by atoms with E-state index < -0.39 is 10.0 Å².